The highest BCUT2D eigenvalue weighted by Crippen LogP contribution is 2.18. The Kier molecular flexibility index (Phi) is 14.6. The van der Waals surface area contributed by atoms with Gasteiger partial charge in [-0.15, -0.1) is 0 Å². The Morgan fingerprint density at radius 1 is 0.864 bits per heavy atom. The maximum Gasteiger partial charge on any atom is 0.333 e. The molecule has 0 bridgehead atoms. The zero-order valence-corrected chi connectivity index (χ0v) is 15.3. The van der Waals surface area contributed by atoms with Crippen molar-refractivity contribution in [2.24, 2.45) is 5.92 Å². The molecule has 0 aromatic rings. The SMILES string of the molecule is C=C(C)C(=O)OCC(CCC)CCCCCCCCCCC. The highest BCUT2D eigenvalue weighted by Gasteiger charge is 2.11. The van der Waals surface area contributed by atoms with Crippen LogP contribution in [0.5, 0.6) is 0 Å². The number of hydrogen-bond donors (Lipinski definition) is 0. The minimum absolute atomic E-state index is 0.242. The summed E-state index contributed by atoms with van der Waals surface area (Å²) in [6, 6.07) is 0. The number of carbonyl (C=O) groups excluding carboxylic acids is 1. The van der Waals surface area contributed by atoms with Crippen molar-refractivity contribution in [3.63, 3.8) is 0 Å². The molecular weight excluding hydrogens is 272 g/mol. The molecular formula is C20H38O2. The molecule has 22 heavy (non-hydrogen) atoms. The first-order chi connectivity index (χ1) is 10.6. The first-order valence-electron chi connectivity index (χ1n) is 9.44. The highest BCUT2D eigenvalue weighted by atomic mass is 16.5. The monoisotopic (exact) mass is 310 g/mol. The molecule has 130 valence electrons. The summed E-state index contributed by atoms with van der Waals surface area (Å²) in [7, 11) is 0. The number of carbonyl (C=O) groups is 1. The van der Waals surface area contributed by atoms with Crippen molar-refractivity contribution in [1.82, 2.24) is 0 Å². The van der Waals surface area contributed by atoms with Crippen LogP contribution in [0.1, 0.15) is 97.8 Å². The Morgan fingerprint density at radius 2 is 1.41 bits per heavy atom. The van der Waals surface area contributed by atoms with Gasteiger partial charge < -0.3 is 4.74 Å². The molecule has 2 heteroatoms. The largest absolute Gasteiger partial charge is 0.462 e. The van der Waals surface area contributed by atoms with Gasteiger partial charge in [0.1, 0.15) is 0 Å². The fourth-order valence-corrected chi connectivity index (χ4v) is 2.78. The molecule has 0 aliphatic carbocycles. The number of esters is 1. The molecule has 0 amide bonds. The zero-order chi connectivity index (χ0) is 16.6. The molecule has 0 aromatic heterocycles. The normalized spacial score (nSPS) is 12.1. The molecule has 0 aliphatic rings. The average molecular weight is 311 g/mol. The van der Waals surface area contributed by atoms with Gasteiger partial charge in [-0.3, -0.25) is 0 Å². The van der Waals surface area contributed by atoms with E-state index < -0.39 is 0 Å². The molecule has 2 nitrogen and oxygen atoms in total. The van der Waals surface area contributed by atoms with Gasteiger partial charge in [-0.2, -0.15) is 0 Å². The summed E-state index contributed by atoms with van der Waals surface area (Å²) in [5, 5.41) is 0. The smallest absolute Gasteiger partial charge is 0.333 e. The van der Waals surface area contributed by atoms with Gasteiger partial charge in [0, 0.05) is 5.57 Å². The Bertz CT molecular complexity index is 283. The Morgan fingerprint density at radius 3 is 1.91 bits per heavy atom. The second-order valence-electron chi connectivity index (χ2n) is 6.65. The topological polar surface area (TPSA) is 26.3 Å². The third-order valence-corrected chi connectivity index (χ3v) is 4.21. The summed E-state index contributed by atoms with van der Waals surface area (Å²) < 4.78 is 5.31. The van der Waals surface area contributed by atoms with Crippen LogP contribution in [0.4, 0.5) is 0 Å². The van der Waals surface area contributed by atoms with E-state index in [1.54, 1.807) is 6.92 Å². The van der Waals surface area contributed by atoms with Crippen LogP contribution >= 0.6 is 0 Å². The fraction of sp³-hybridized carbons (Fsp3) is 0.850. The van der Waals surface area contributed by atoms with Gasteiger partial charge in [-0.1, -0.05) is 84.6 Å². The summed E-state index contributed by atoms with van der Waals surface area (Å²) >= 11 is 0. The molecule has 1 atom stereocenters. The predicted octanol–water partition coefficient (Wildman–Crippen LogP) is 6.44. The van der Waals surface area contributed by atoms with E-state index in [4.69, 9.17) is 4.74 Å². The average Bonchev–Trinajstić information content (AvgIpc) is 2.50. The van der Waals surface area contributed by atoms with E-state index in [0.717, 1.165) is 12.8 Å². The Hall–Kier alpha value is -0.790. The van der Waals surface area contributed by atoms with Crippen molar-refractivity contribution in [2.75, 3.05) is 6.61 Å². The van der Waals surface area contributed by atoms with E-state index in [1.807, 2.05) is 0 Å². The molecule has 0 aromatic carbocycles. The fourth-order valence-electron chi connectivity index (χ4n) is 2.78. The third-order valence-electron chi connectivity index (χ3n) is 4.21. The molecule has 0 heterocycles. The summed E-state index contributed by atoms with van der Waals surface area (Å²) in [5.41, 5.74) is 0.498. The second kappa shape index (κ2) is 15.1. The van der Waals surface area contributed by atoms with Gasteiger partial charge in [0.05, 0.1) is 6.61 Å². The standard InChI is InChI=1S/C20H38O2/c1-5-7-8-9-10-11-12-13-14-16-19(15-6-2)17-22-20(21)18(3)4/h19H,3,5-17H2,1-2,4H3. The van der Waals surface area contributed by atoms with Crippen molar-refractivity contribution in [3.8, 4) is 0 Å². The van der Waals surface area contributed by atoms with Crippen molar-refractivity contribution < 1.29 is 9.53 Å². The molecule has 0 radical (unpaired) electrons. The van der Waals surface area contributed by atoms with Gasteiger partial charge in [0.2, 0.25) is 0 Å². The lowest BCUT2D eigenvalue weighted by Crippen LogP contribution is -2.14. The molecule has 0 aliphatic heterocycles. The van der Waals surface area contributed by atoms with Gasteiger partial charge in [-0.25, -0.2) is 4.79 Å². The van der Waals surface area contributed by atoms with Crippen LogP contribution in [0.2, 0.25) is 0 Å². The molecule has 0 saturated carbocycles. The van der Waals surface area contributed by atoms with E-state index in [1.165, 1.54) is 64.2 Å². The summed E-state index contributed by atoms with van der Waals surface area (Å²) in [4.78, 5) is 11.5. The molecule has 0 fully saturated rings. The zero-order valence-electron chi connectivity index (χ0n) is 15.3. The number of rotatable bonds is 15. The van der Waals surface area contributed by atoms with Crippen LogP contribution < -0.4 is 0 Å². The minimum atomic E-state index is -0.242. The maximum atomic E-state index is 11.5. The Labute approximate surface area is 138 Å². The number of ether oxygens (including phenoxy) is 1. The molecule has 0 rings (SSSR count). The number of hydrogen-bond acceptors (Lipinski definition) is 2. The molecule has 0 N–H and O–H groups in total. The quantitative estimate of drug-likeness (QED) is 0.197. The van der Waals surface area contributed by atoms with E-state index >= 15 is 0 Å². The van der Waals surface area contributed by atoms with Gasteiger partial charge in [0.25, 0.3) is 0 Å². The van der Waals surface area contributed by atoms with E-state index in [-0.39, 0.29) is 5.97 Å². The second-order valence-corrected chi connectivity index (χ2v) is 6.65. The van der Waals surface area contributed by atoms with Crippen LogP contribution in [0.25, 0.3) is 0 Å². The minimum Gasteiger partial charge on any atom is -0.462 e. The van der Waals surface area contributed by atoms with Crippen LogP contribution in [0.15, 0.2) is 12.2 Å². The summed E-state index contributed by atoms with van der Waals surface area (Å²) in [6.07, 6.45) is 15.8. The first-order valence-corrected chi connectivity index (χ1v) is 9.44. The molecule has 0 spiro atoms. The van der Waals surface area contributed by atoms with Crippen molar-refractivity contribution in [3.05, 3.63) is 12.2 Å². The van der Waals surface area contributed by atoms with Crippen LogP contribution in [0, 0.1) is 5.92 Å². The summed E-state index contributed by atoms with van der Waals surface area (Å²) in [6.45, 7) is 10.4. The Balaban J connectivity index is 3.60. The highest BCUT2D eigenvalue weighted by molar-refractivity contribution is 5.86. The van der Waals surface area contributed by atoms with Crippen LogP contribution in [-0.2, 0) is 9.53 Å². The predicted molar refractivity (Wildman–Crippen MR) is 96.0 cm³/mol. The van der Waals surface area contributed by atoms with Crippen molar-refractivity contribution >= 4 is 5.97 Å². The van der Waals surface area contributed by atoms with Crippen molar-refractivity contribution in [1.29, 1.82) is 0 Å². The van der Waals surface area contributed by atoms with Crippen molar-refractivity contribution in [2.45, 2.75) is 97.8 Å². The lowest BCUT2D eigenvalue weighted by atomic mass is 9.96. The van der Waals surface area contributed by atoms with Gasteiger partial charge >= 0.3 is 5.97 Å². The van der Waals surface area contributed by atoms with E-state index in [9.17, 15) is 4.79 Å². The molecule has 1 unspecified atom stereocenters. The van der Waals surface area contributed by atoms with Gasteiger partial charge in [-0.05, 0) is 25.7 Å². The lowest BCUT2D eigenvalue weighted by Gasteiger charge is -2.16. The maximum absolute atomic E-state index is 11.5. The number of unbranched alkanes of at least 4 members (excludes halogenated alkanes) is 8. The first kappa shape index (κ1) is 21.2. The van der Waals surface area contributed by atoms with Crippen LogP contribution in [-0.4, -0.2) is 12.6 Å². The molecule has 0 saturated heterocycles. The lowest BCUT2D eigenvalue weighted by molar-refractivity contribution is -0.140. The van der Waals surface area contributed by atoms with Crippen LogP contribution in [0.3, 0.4) is 0 Å². The van der Waals surface area contributed by atoms with Gasteiger partial charge in [0.15, 0.2) is 0 Å². The summed E-state index contributed by atoms with van der Waals surface area (Å²) in [5.74, 6) is 0.283. The van der Waals surface area contributed by atoms with E-state index in [0.29, 0.717) is 18.1 Å². The third kappa shape index (κ3) is 12.9. The van der Waals surface area contributed by atoms with E-state index in [2.05, 4.69) is 20.4 Å².